The normalized spacial score (nSPS) is 30.1. The van der Waals surface area contributed by atoms with Crippen LogP contribution >= 0.6 is 0 Å². The lowest BCUT2D eigenvalue weighted by atomic mass is 9.78. The fraction of sp³-hybridized carbons (Fsp3) is 0.708. The summed E-state index contributed by atoms with van der Waals surface area (Å²) in [7, 11) is 0. The van der Waals surface area contributed by atoms with Crippen LogP contribution in [-0.2, 0) is 33.5 Å². The minimum atomic E-state index is -4.45. The average molecular weight is 466 g/mol. The first-order chi connectivity index (χ1) is 15.8. The number of aromatic nitrogens is 1. The maximum absolute atomic E-state index is 13.8. The number of hydrogen-bond acceptors (Lipinski definition) is 4. The number of pyridine rings is 1. The lowest BCUT2D eigenvalue weighted by Gasteiger charge is -2.37. The topological polar surface area (TPSA) is 71.5 Å². The van der Waals surface area contributed by atoms with E-state index < -0.39 is 17.2 Å². The zero-order valence-corrected chi connectivity index (χ0v) is 18.6. The van der Waals surface area contributed by atoms with E-state index in [1.54, 1.807) is 4.90 Å². The Kier molecular flexibility index (Phi) is 5.87. The molecule has 2 saturated carbocycles. The van der Waals surface area contributed by atoms with Crippen LogP contribution in [0, 0.1) is 17.3 Å². The summed E-state index contributed by atoms with van der Waals surface area (Å²) in [6.07, 6.45) is 2.48. The lowest BCUT2D eigenvalue weighted by molar-refractivity contribution is -0.144. The molecule has 2 aliphatic carbocycles. The van der Waals surface area contributed by atoms with Crippen molar-refractivity contribution in [1.82, 2.24) is 15.2 Å². The molecule has 3 atom stereocenters. The van der Waals surface area contributed by atoms with Gasteiger partial charge in [0.25, 0.3) is 0 Å². The van der Waals surface area contributed by atoms with Crippen LogP contribution in [0.3, 0.4) is 0 Å². The van der Waals surface area contributed by atoms with Crippen molar-refractivity contribution in [3.63, 3.8) is 0 Å². The predicted molar refractivity (Wildman–Crippen MR) is 113 cm³/mol. The van der Waals surface area contributed by atoms with Gasteiger partial charge in [-0.25, -0.2) is 0 Å². The molecule has 0 spiro atoms. The number of fused-ring (bicyclic) bond motifs is 2. The quantitative estimate of drug-likeness (QED) is 0.742. The molecule has 0 bridgehead atoms. The van der Waals surface area contributed by atoms with Crippen molar-refractivity contribution in [3.05, 3.63) is 29.1 Å². The zero-order valence-electron chi connectivity index (χ0n) is 18.6. The number of ether oxygens (including phenoxy) is 1. The van der Waals surface area contributed by atoms with Gasteiger partial charge >= 0.3 is 6.18 Å². The summed E-state index contributed by atoms with van der Waals surface area (Å²) in [5.41, 5.74) is -0.164. The Morgan fingerprint density at radius 3 is 2.76 bits per heavy atom. The number of nitrogens with zero attached hydrogens (tertiary/aromatic N) is 2. The van der Waals surface area contributed by atoms with E-state index >= 15 is 0 Å². The predicted octanol–water partition coefficient (Wildman–Crippen LogP) is 3.48. The van der Waals surface area contributed by atoms with Crippen LogP contribution in [0.1, 0.15) is 61.8 Å². The third-order valence-corrected chi connectivity index (χ3v) is 8.16. The number of halogens is 3. The smallest absolute Gasteiger partial charge is 0.381 e. The molecule has 1 aromatic rings. The molecule has 5 rings (SSSR count). The van der Waals surface area contributed by atoms with Crippen molar-refractivity contribution in [3.8, 4) is 0 Å². The van der Waals surface area contributed by atoms with Gasteiger partial charge < -0.3 is 15.0 Å². The minimum Gasteiger partial charge on any atom is -0.381 e. The van der Waals surface area contributed by atoms with Crippen molar-refractivity contribution in [2.45, 2.75) is 70.1 Å². The Morgan fingerprint density at radius 2 is 2.00 bits per heavy atom. The Bertz CT molecular complexity index is 931. The first kappa shape index (κ1) is 22.6. The average Bonchev–Trinajstić information content (AvgIpc) is 3.35. The number of carbonyl (C=O) groups excluding carboxylic acids is 2. The molecule has 6 nitrogen and oxygen atoms in total. The highest BCUT2D eigenvalue weighted by Gasteiger charge is 2.56. The van der Waals surface area contributed by atoms with E-state index in [2.05, 4.69) is 10.3 Å². The summed E-state index contributed by atoms with van der Waals surface area (Å²) in [6, 6.07) is 1.11. The van der Waals surface area contributed by atoms with Crippen molar-refractivity contribution in [2.75, 3.05) is 19.8 Å². The lowest BCUT2D eigenvalue weighted by Crippen LogP contribution is -2.47. The van der Waals surface area contributed by atoms with E-state index in [4.69, 9.17) is 4.74 Å². The van der Waals surface area contributed by atoms with Crippen LogP contribution in [-0.4, -0.2) is 47.5 Å². The van der Waals surface area contributed by atoms with Crippen LogP contribution in [0.4, 0.5) is 13.2 Å². The van der Waals surface area contributed by atoms with Gasteiger partial charge in [-0.05, 0) is 56.1 Å². The Morgan fingerprint density at radius 1 is 1.21 bits per heavy atom. The number of alkyl halides is 3. The molecule has 1 N–H and O–H groups in total. The van der Waals surface area contributed by atoms with Crippen molar-refractivity contribution in [1.29, 1.82) is 0 Å². The molecule has 180 valence electrons. The molecule has 0 radical (unpaired) electrons. The van der Waals surface area contributed by atoms with Crippen LogP contribution in [0.2, 0.25) is 0 Å². The summed E-state index contributed by atoms with van der Waals surface area (Å²) in [5, 5.41) is 3.20. The molecule has 0 unspecified atom stereocenters. The van der Waals surface area contributed by atoms with Gasteiger partial charge in [-0.3, -0.25) is 14.6 Å². The fourth-order valence-corrected chi connectivity index (χ4v) is 6.45. The minimum absolute atomic E-state index is 0.0230. The van der Waals surface area contributed by atoms with Gasteiger partial charge in [0.1, 0.15) is 0 Å². The van der Waals surface area contributed by atoms with E-state index in [9.17, 15) is 22.8 Å². The number of rotatable bonds is 3. The van der Waals surface area contributed by atoms with Gasteiger partial charge in [-0.1, -0.05) is 6.42 Å². The first-order valence-electron chi connectivity index (χ1n) is 12.0. The Hall–Kier alpha value is -2.16. The summed E-state index contributed by atoms with van der Waals surface area (Å²) < 4.78 is 44.8. The third kappa shape index (κ3) is 4.24. The molecule has 3 fully saturated rings. The third-order valence-electron chi connectivity index (χ3n) is 8.16. The molecule has 1 aromatic heterocycles. The number of amides is 2. The molecule has 0 aromatic carbocycles. The summed E-state index contributed by atoms with van der Waals surface area (Å²) in [6.45, 7) is 1.85. The molecule has 3 heterocycles. The monoisotopic (exact) mass is 465 g/mol. The van der Waals surface area contributed by atoms with Gasteiger partial charge in [0.05, 0.1) is 11.0 Å². The number of carbonyl (C=O) groups is 2. The molecule has 4 aliphatic rings. The number of hydrogen-bond donors (Lipinski definition) is 1. The summed E-state index contributed by atoms with van der Waals surface area (Å²) >= 11 is 0. The van der Waals surface area contributed by atoms with Gasteiger partial charge in [-0.2, -0.15) is 13.2 Å². The molecule has 9 heteroatoms. The first-order valence-corrected chi connectivity index (χ1v) is 12.0. The second kappa shape index (κ2) is 8.56. The SMILES string of the molecule is O=C(N[C@@H]1C[C@H]2CCC[C@@]2(C(=O)N2CCc3ncc(C(F)(F)F)cc3C2)C1)C1CCOCC1. The molecule has 2 amide bonds. The standard InChI is InChI=1S/C24H30F3N3O3/c25-24(26,27)18-10-16-14-30(7-3-20(16)28-13-18)22(32)23-6-1-2-17(23)11-19(12-23)29-21(31)15-4-8-33-9-5-15/h10,13,15,17,19H,1-9,11-12,14H2,(H,29,31)/t17-,19-,23-/m1/s1. The van der Waals surface area contributed by atoms with E-state index in [0.717, 1.165) is 50.8 Å². The van der Waals surface area contributed by atoms with Crippen molar-refractivity contribution >= 4 is 11.8 Å². The molecular weight excluding hydrogens is 435 g/mol. The summed E-state index contributed by atoms with van der Waals surface area (Å²) in [5.74, 6) is 0.283. The second-order valence-electron chi connectivity index (χ2n) is 10.1. The van der Waals surface area contributed by atoms with Crippen molar-refractivity contribution in [2.24, 2.45) is 17.3 Å². The fourth-order valence-electron chi connectivity index (χ4n) is 6.45. The molecule has 2 aliphatic heterocycles. The van der Waals surface area contributed by atoms with Gasteiger partial charge in [0, 0.05) is 56.6 Å². The van der Waals surface area contributed by atoms with Crippen LogP contribution < -0.4 is 5.32 Å². The van der Waals surface area contributed by atoms with E-state index in [-0.39, 0.29) is 36.2 Å². The van der Waals surface area contributed by atoms with Gasteiger partial charge in [0.2, 0.25) is 11.8 Å². The maximum atomic E-state index is 13.8. The Balaban J connectivity index is 1.29. The maximum Gasteiger partial charge on any atom is 0.417 e. The van der Waals surface area contributed by atoms with E-state index in [1.807, 2.05) is 0 Å². The number of nitrogens with one attached hydrogen (secondary N) is 1. The van der Waals surface area contributed by atoms with Gasteiger partial charge in [0.15, 0.2) is 0 Å². The van der Waals surface area contributed by atoms with Crippen LogP contribution in [0.5, 0.6) is 0 Å². The molecule has 33 heavy (non-hydrogen) atoms. The van der Waals surface area contributed by atoms with E-state index in [0.29, 0.717) is 43.9 Å². The summed E-state index contributed by atoms with van der Waals surface area (Å²) in [4.78, 5) is 32.3. The second-order valence-corrected chi connectivity index (χ2v) is 10.1. The van der Waals surface area contributed by atoms with Gasteiger partial charge in [-0.15, -0.1) is 0 Å². The highest BCUT2D eigenvalue weighted by atomic mass is 19.4. The Labute approximate surface area is 191 Å². The molecular formula is C24H30F3N3O3. The molecule has 1 saturated heterocycles. The van der Waals surface area contributed by atoms with Crippen LogP contribution in [0.25, 0.3) is 0 Å². The highest BCUT2D eigenvalue weighted by molar-refractivity contribution is 5.85. The zero-order chi connectivity index (χ0) is 23.2. The highest BCUT2D eigenvalue weighted by Crippen LogP contribution is 2.55. The van der Waals surface area contributed by atoms with Crippen molar-refractivity contribution < 1.29 is 27.5 Å². The van der Waals surface area contributed by atoms with E-state index in [1.165, 1.54) is 0 Å². The largest absolute Gasteiger partial charge is 0.417 e. The van der Waals surface area contributed by atoms with Crippen LogP contribution in [0.15, 0.2) is 12.3 Å².